The van der Waals surface area contributed by atoms with Crippen LogP contribution in [0.1, 0.15) is 11.1 Å². The monoisotopic (exact) mass is 360 g/mol. The van der Waals surface area contributed by atoms with Crippen LogP contribution in [-0.2, 0) is 22.7 Å². The van der Waals surface area contributed by atoms with Crippen molar-refractivity contribution in [1.82, 2.24) is 8.87 Å². The first kappa shape index (κ1) is 18.2. The predicted molar refractivity (Wildman–Crippen MR) is 82.1 cm³/mol. The van der Waals surface area contributed by atoms with Gasteiger partial charge >= 0.3 is 6.18 Å². The number of pyridine rings is 1. The second-order valence-electron chi connectivity index (χ2n) is 5.31. The largest absolute Gasteiger partial charge is 0.416 e. The van der Waals surface area contributed by atoms with Crippen LogP contribution in [0.25, 0.3) is 0 Å². The minimum Gasteiger partial charge on any atom is -0.310 e. The van der Waals surface area contributed by atoms with Gasteiger partial charge < -0.3 is 4.57 Å². The van der Waals surface area contributed by atoms with E-state index < -0.39 is 27.3 Å². The third kappa shape index (κ3) is 3.85. The molecule has 1 aromatic heterocycles. The molecule has 0 fully saturated rings. The average Bonchev–Trinajstić information content (AvgIpc) is 2.48. The number of alkyl halides is 3. The first-order chi connectivity index (χ1) is 11.0. The van der Waals surface area contributed by atoms with Gasteiger partial charge in [0.15, 0.2) is 0 Å². The molecule has 0 aliphatic carbocycles. The fraction of sp³-hybridized carbons (Fsp3) is 0.267. The van der Waals surface area contributed by atoms with Crippen LogP contribution in [0, 0.1) is 0 Å². The first-order valence-electron chi connectivity index (χ1n) is 6.81. The van der Waals surface area contributed by atoms with Gasteiger partial charge in [0.25, 0.3) is 5.56 Å². The molecule has 0 N–H and O–H groups in total. The van der Waals surface area contributed by atoms with E-state index in [9.17, 15) is 26.4 Å². The van der Waals surface area contributed by atoms with Crippen molar-refractivity contribution in [3.8, 4) is 0 Å². The van der Waals surface area contributed by atoms with Gasteiger partial charge in [0.2, 0.25) is 10.0 Å². The summed E-state index contributed by atoms with van der Waals surface area (Å²) in [6, 6.07) is 6.65. The SMILES string of the molecule is CN(C)S(=O)(=O)c1ccc(=O)n(Cc2ccc(C(F)(F)F)cc2)c1. The summed E-state index contributed by atoms with van der Waals surface area (Å²) in [7, 11) is -0.986. The summed E-state index contributed by atoms with van der Waals surface area (Å²) in [5, 5.41) is 0. The summed E-state index contributed by atoms with van der Waals surface area (Å²) in [6.07, 6.45) is -3.26. The fourth-order valence-electron chi connectivity index (χ4n) is 1.99. The average molecular weight is 360 g/mol. The Morgan fingerprint density at radius 3 is 2.12 bits per heavy atom. The highest BCUT2D eigenvalue weighted by atomic mass is 32.2. The minimum absolute atomic E-state index is 0.0340. The number of sulfonamides is 1. The molecule has 0 bridgehead atoms. The van der Waals surface area contributed by atoms with Gasteiger partial charge in [0, 0.05) is 26.4 Å². The van der Waals surface area contributed by atoms with Gasteiger partial charge in [0.1, 0.15) is 0 Å². The molecule has 0 atom stereocenters. The minimum atomic E-state index is -4.44. The molecule has 5 nitrogen and oxygen atoms in total. The molecule has 0 unspecified atom stereocenters. The van der Waals surface area contributed by atoms with Crippen LogP contribution in [0.2, 0.25) is 0 Å². The molecule has 2 rings (SSSR count). The van der Waals surface area contributed by atoms with E-state index in [0.29, 0.717) is 5.56 Å². The Balaban J connectivity index is 2.35. The molecule has 1 heterocycles. The van der Waals surface area contributed by atoms with Gasteiger partial charge in [-0.05, 0) is 23.8 Å². The number of halogens is 3. The highest BCUT2D eigenvalue weighted by Crippen LogP contribution is 2.29. The molecule has 0 saturated carbocycles. The fourth-order valence-corrected chi connectivity index (χ4v) is 2.91. The Hall–Kier alpha value is -2.13. The topological polar surface area (TPSA) is 59.4 Å². The van der Waals surface area contributed by atoms with E-state index in [1.165, 1.54) is 38.5 Å². The van der Waals surface area contributed by atoms with Gasteiger partial charge in [0.05, 0.1) is 17.0 Å². The molecule has 1 aromatic carbocycles. The van der Waals surface area contributed by atoms with Crippen molar-refractivity contribution < 1.29 is 21.6 Å². The first-order valence-corrected chi connectivity index (χ1v) is 8.25. The van der Waals surface area contributed by atoms with Gasteiger partial charge in [-0.25, -0.2) is 12.7 Å². The van der Waals surface area contributed by atoms with Gasteiger partial charge in [-0.3, -0.25) is 4.79 Å². The van der Waals surface area contributed by atoms with Crippen molar-refractivity contribution in [1.29, 1.82) is 0 Å². The third-order valence-electron chi connectivity index (χ3n) is 3.37. The summed E-state index contributed by atoms with van der Waals surface area (Å²) >= 11 is 0. The van der Waals surface area contributed by atoms with Crippen molar-refractivity contribution in [3.63, 3.8) is 0 Å². The van der Waals surface area contributed by atoms with Gasteiger partial charge in [-0.15, -0.1) is 0 Å². The van der Waals surface area contributed by atoms with Crippen LogP contribution < -0.4 is 5.56 Å². The second kappa shape index (κ2) is 6.40. The van der Waals surface area contributed by atoms with E-state index in [-0.39, 0.29) is 11.4 Å². The lowest BCUT2D eigenvalue weighted by atomic mass is 10.1. The molecule has 0 aliphatic heterocycles. The summed E-state index contributed by atoms with van der Waals surface area (Å²) < 4.78 is 64.0. The zero-order valence-electron chi connectivity index (χ0n) is 12.9. The lowest BCUT2D eigenvalue weighted by molar-refractivity contribution is -0.137. The maximum Gasteiger partial charge on any atom is 0.416 e. The molecule has 0 amide bonds. The number of hydrogen-bond donors (Lipinski definition) is 0. The number of benzene rings is 1. The molecule has 0 radical (unpaired) electrons. The van der Waals surface area contributed by atoms with Crippen LogP contribution in [0.3, 0.4) is 0 Å². The van der Waals surface area contributed by atoms with Crippen molar-refractivity contribution in [3.05, 3.63) is 64.1 Å². The van der Waals surface area contributed by atoms with E-state index in [1.54, 1.807) is 0 Å². The molecule has 0 spiro atoms. The Labute approximate surface area is 137 Å². The molecular weight excluding hydrogens is 345 g/mol. The van der Waals surface area contributed by atoms with Crippen molar-refractivity contribution in [2.24, 2.45) is 0 Å². The quantitative estimate of drug-likeness (QED) is 0.840. The Morgan fingerprint density at radius 1 is 1.04 bits per heavy atom. The Morgan fingerprint density at radius 2 is 1.62 bits per heavy atom. The molecule has 9 heteroatoms. The van der Waals surface area contributed by atoms with Crippen LogP contribution in [0.15, 0.2) is 52.3 Å². The molecule has 0 aliphatic rings. The van der Waals surface area contributed by atoms with Gasteiger partial charge in [-0.2, -0.15) is 13.2 Å². The summed E-state index contributed by atoms with van der Waals surface area (Å²) in [5.41, 5.74) is -0.792. The normalized spacial score (nSPS) is 12.6. The third-order valence-corrected chi connectivity index (χ3v) is 5.17. The number of aromatic nitrogens is 1. The van der Waals surface area contributed by atoms with E-state index in [4.69, 9.17) is 0 Å². The van der Waals surface area contributed by atoms with Crippen LogP contribution >= 0.6 is 0 Å². The number of rotatable bonds is 4. The standard InChI is InChI=1S/C15H15F3N2O3S/c1-19(2)24(22,23)13-7-8-14(21)20(10-13)9-11-3-5-12(6-4-11)15(16,17)18/h3-8,10H,9H2,1-2H3. The Kier molecular flexibility index (Phi) is 4.86. The highest BCUT2D eigenvalue weighted by molar-refractivity contribution is 7.89. The maximum absolute atomic E-state index is 12.5. The predicted octanol–water partition coefficient (Wildman–Crippen LogP) is 2.17. The second-order valence-corrected chi connectivity index (χ2v) is 7.46. The molecule has 0 saturated heterocycles. The smallest absolute Gasteiger partial charge is 0.310 e. The number of nitrogens with zero attached hydrogens (tertiary/aromatic N) is 2. The van der Waals surface area contributed by atoms with Crippen LogP contribution in [0.4, 0.5) is 13.2 Å². The van der Waals surface area contributed by atoms with Crippen molar-refractivity contribution >= 4 is 10.0 Å². The maximum atomic E-state index is 12.5. The summed E-state index contributed by atoms with van der Waals surface area (Å²) in [4.78, 5) is 11.8. The van der Waals surface area contributed by atoms with Crippen molar-refractivity contribution in [2.45, 2.75) is 17.6 Å². The zero-order valence-corrected chi connectivity index (χ0v) is 13.7. The van der Waals surface area contributed by atoms with Crippen molar-refractivity contribution in [2.75, 3.05) is 14.1 Å². The highest BCUT2D eigenvalue weighted by Gasteiger charge is 2.29. The summed E-state index contributed by atoms with van der Waals surface area (Å²) in [5.74, 6) is 0. The molecule has 24 heavy (non-hydrogen) atoms. The molecule has 2 aromatic rings. The van der Waals surface area contributed by atoms with Crippen LogP contribution in [0.5, 0.6) is 0 Å². The lowest BCUT2D eigenvalue weighted by Gasteiger charge is -2.13. The van der Waals surface area contributed by atoms with E-state index in [2.05, 4.69) is 0 Å². The van der Waals surface area contributed by atoms with E-state index >= 15 is 0 Å². The zero-order chi connectivity index (χ0) is 18.1. The number of hydrogen-bond acceptors (Lipinski definition) is 3. The molecule has 130 valence electrons. The lowest BCUT2D eigenvalue weighted by Crippen LogP contribution is -2.26. The van der Waals surface area contributed by atoms with Gasteiger partial charge in [-0.1, -0.05) is 12.1 Å². The Bertz CT molecular complexity index is 885. The van der Waals surface area contributed by atoms with E-state index in [0.717, 1.165) is 27.1 Å². The summed E-state index contributed by atoms with van der Waals surface area (Å²) in [6.45, 7) is -0.0340. The van der Waals surface area contributed by atoms with Crippen LogP contribution in [-0.4, -0.2) is 31.4 Å². The molecular formula is C15H15F3N2O3S. The van der Waals surface area contributed by atoms with E-state index in [1.807, 2.05) is 0 Å².